The number of benzene rings is 2. The van der Waals surface area contributed by atoms with Crippen molar-refractivity contribution in [2.75, 3.05) is 29.6 Å². The molecule has 148 valence electrons. The van der Waals surface area contributed by atoms with Crippen molar-refractivity contribution in [1.82, 2.24) is 0 Å². The van der Waals surface area contributed by atoms with Gasteiger partial charge in [-0.1, -0.05) is 0 Å². The van der Waals surface area contributed by atoms with Crippen LogP contribution in [0.15, 0.2) is 47.4 Å². The van der Waals surface area contributed by atoms with Crippen molar-refractivity contribution in [2.24, 2.45) is 0 Å². The Morgan fingerprint density at radius 3 is 2.46 bits per heavy atom. The molecule has 1 aliphatic rings. The first-order chi connectivity index (χ1) is 13.1. The van der Waals surface area contributed by atoms with Crippen LogP contribution in [0.2, 0.25) is 0 Å². The highest BCUT2D eigenvalue weighted by atomic mass is 32.2. The zero-order valence-corrected chi connectivity index (χ0v) is 15.9. The molecule has 0 saturated heterocycles. The summed E-state index contributed by atoms with van der Waals surface area (Å²) in [6.07, 6.45) is -4.57. The summed E-state index contributed by atoms with van der Waals surface area (Å²) < 4.78 is 38.4. The third kappa shape index (κ3) is 4.59. The van der Waals surface area contributed by atoms with Gasteiger partial charge in [0.05, 0.1) is 16.5 Å². The number of fused-ring (bicyclic) bond motifs is 1. The van der Waals surface area contributed by atoms with Crippen LogP contribution in [0, 0.1) is 0 Å². The van der Waals surface area contributed by atoms with Crippen molar-refractivity contribution in [2.45, 2.75) is 22.7 Å². The van der Waals surface area contributed by atoms with Crippen LogP contribution in [0.1, 0.15) is 12.0 Å². The van der Waals surface area contributed by atoms with Crippen molar-refractivity contribution in [3.05, 3.63) is 48.0 Å². The van der Waals surface area contributed by atoms with Gasteiger partial charge >= 0.3 is 6.18 Å². The highest BCUT2D eigenvalue weighted by Gasteiger charge is 2.34. The second-order valence-electron chi connectivity index (χ2n) is 6.50. The maximum absolute atomic E-state index is 12.8. The summed E-state index contributed by atoms with van der Waals surface area (Å²) in [7, 11) is 3.81. The molecule has 1 heterocycles. The number of amides is 2. The average molecular weight is 409 g/mol. The second kappa shape index (κ2) is 7.75. The number of nitrogens with one attached hydrogen (secondary N) is 2. The summed E-state index contributed by atoms with van der Waals surface area (Å²) in [6, 6.07) is 10.4. The molecule has 2 amide bonds. The predicted octanol–water partition coefficient (Wildman–Crippen LogP) is 4.21. The molecule has 0 spiro atoms. The Morgan fingerprint density at radius 1 is 1.18 bits per heavy atom. The van der Waals surface area contributed by atoms with Crippen LogP contribution >= 0.6 is 11.8 Å². The van der Waals surface area contributed by atoms with E-state index in [1.165, 1.54) is 6.07 Å². The third-order valence-corrected chi connectivity index (χ3v) is 5.44. The minimum absolute atomic E-state index is 0.0909. The fourth-order valence-electron chi connectivity index (χ4n) is 2.68. The van der Waals surface area contributed by atoms with E-state index in [0.29, 0.717) is 10.6 Å². The Bertz CT molecular complexity index is 898. The lowest BCUT2D eigenvalue weighted by molar-refractivity contribution is -0.137. The Kier molecular flexibility index (Phi) is 5.55. The van der Waals surface area contributed by atoms with Gasteiger partial charge in [0.1, 0.15) is 0 Å². The summed E-state index contributed by atoms with van der Waals surface area (Å²) in [4.78, 5) is 26.9. The largest absolute Gasteiger partial charge is 0.416 e. The lowest BCUT2D eigenvalue weighted by Gasteiger charge is -2.24. The molecule has 0 fully saturated rings. The van der Waals surface area contributed by atoms with Gasteiger partial charge in [-0.3, -0.25) is 9.59 Å². The quantitative estimate of drug-likeness (QED) is 0.794. The Balaban J connectivity index is 1.65. The Hall–Kier alpha value is -2.68. The molecule has 0 bridgehead atoms. The second-order valence-corrected chi connectivity index (χ2v) is 7.74. The molecule has 3 rings (SSSR count). The minimum Gasteiger partial charge on any atom is -0.378 e. The number of nitrogens with zero attached hydrogens (tertiary/aromatic N) is 1. The number of carbonyl (C=O) groups is 2. The number of carbonyl (C=O) groups excluding carboxylic acids is 2. The molecule has 1 aliphatic heterocycles. The summed E-state index contributed by atoms with van der Waals surface area (Å²) in [5, 5.41) is 4.48. The number of thioether (sulfide) groups is 1. The van der Waals surface area contributed by atoms with E-state index in [0.717, 1.165) is 29.6 Å². The smallest absolute Gasteiger partial charge is 0.378 e. The van der Waals surface area contributed by atoms with Gasteiger partial charge in [0.25, 0.3) is 0 Å². The molecule has 0 saturated carbocycles. The van der Waals surface area contributed by atoms with Gasteiger partial charge in [0, 0.05) is 36.8 Å². The van der Waals surface area contributed by atoms with E-state index in [4.69, 9.17) is 0 Å². The first-order valence-electron chi connectivity index (χ1n) is 8.39. The van der Waals surface area contributed by atoms with Crippen molar-refractivity contribution in [1.29, 1.82) is 0 Å². The molecule has 0 aliphatic carbocycles. The van der Waals surface area contributed by atoms with E-state index in [-0.39, 0.29) is 18.0 Å². The van der Waals surface area contributed by atoms with E-state index >= 15 is 0 Å². The van der Waals surface area contributed by atoms with E-state index in [1.807, 2.05) is 31.1 Å². The van der Waals surface area contributed by atoms with Gasteiger partial charge in [-0.25, -0.2) is 0 Å². The number of rotatable bonds is 4. The summed E-state index contributed by atoms with van der Waals surface area (Å²) in [5.74, 6) is -0.837. The number of hydrogen-bond acceptors (Lipinski definition) is 4. The van der Waals surface area contributed by atoms with Gasteiger partial charge in [-0.15, -0.1) is 11.8 Å². The third-order valence-electron chi connectivity index (χ3n) is 4.16. The summed E-state index contributed by atoms with van der Waals surface area (Å²) in [6.45, 7) is 0. The lowest BCUT2D eigenvalue weighted by atomic mass is 10.1. The van der Waals surface area contributed by atoms with Crippen molar-refractivity contribution in [3.63, 3.8) is 0 Å². The standard InChI is InChI=1S/C19H18F3N3O2S/c1-25(2)13-6-4-12(5-7-13)23-17(26)10-16-18(27)24-14-9-11(19(20,21)22)3-8-15(14)28-16/h3-9,16H,10H2,1-2H3,(H,23,26)(H,24,27)/t16-/m1/s1. The molecule has 2 N–H and O–H groups in total. The number of alkyl halides is 3. The van der Waals surface area contributed by atoms with Crippen LogP contribution in [-0.2, 0) is 15.8 Å². The molecule has 28 heavy (non-hydrogen) atoms. The highest BCUT2D eigenvalue weighted by molar-refractivity contribution is 8.01. The topological polar surface area (TPSA) is 61.4 Å². The van der Waals surface area contributed by atoms with Crippen molar-refractivity contribution < 1.29 is 22.8 Å². The maximum atomic E-state index is 12.8. The zero-order chi connectivity index (χ0) is 20.5. The van der Waals surface area contributed by atoms with Gasteiger partial charge in [0.15, 0.2) is 0 Å². The van der Waals surface area contributed by atoms with Crippen LogP contribution in [0.5, 0.6) is 0 Å². The monoisotopic (exact) mass is 409 g/mol. The molecule has 0 radical (unpaired) electrons. The molecular weight excluding hydrogens is 391 g/mol. The lowest BCUT2D eigenvalue weighted by Crippen LogP contribution is -2.32. The zero-order valence-electron chi connectivity index (χ0n) is 15.1. The van der Waals surface area contributed by atoms with Gasteiger partial charge in [-0.05, 0) is 42.5 Å². The van der Waals surface area contributed by atoms with E-state index in [2.05, 4.69) is 10.6 Å². The first-order valence-corrected chi connectivity index (χ1v) is 9.27. The van der Waals surface area contributed by atoms with Gasteiger partial charge < -0.3 is 15.5 Å². The van der Waals surface area contributed by atoms with E-state index in [9.17, 15) is 22.8 Å². The number of anilines is 3. The SMILES string of the molecule is CN(C)c1ccc(NC(=O)C[C@H]2Sc3ccc(C(F)(F)F)cc3NC2=O)cc1. The van der Waals surface area contributed by atoms with Gasteiger partial charge in [-0.2, -0.15) is 13.2 Å². The first kappa shape index (κ1) is 20.1. The van der Waals surface area contributed by atoms with Crippen LogP contribution in [0.3, 0.4) is 0 Å². The molecular formula is C19H18F3N3O2S. The molecule has 2 aromatic rings. The minimum atomic E-state index is -4.48. The summed E-state index contributed by atoms with van der Waals surface area (Å²) >= 11 is 1.08. The molecule has 2 aromatic carbocycles. The average Bonchev–Trinajstić information content (AvgIpc) is 2.61. The molecule has 9 heteroatoms. The highest BCUT2D eigenvalue weighted by Crippen LogP contribution is 2.40. The van der Waals surface area contributed by atoms with Crippen molar-refractivity contribution >= 4 is 40.6 Å². The molecule has 0 unspecified atom stereocenters. The summed E-state index contributed by atoms with van der Waals surface area (Å²) in [5.41, 5.74) is 0.868. The normalized spacial score (nSPS) is 16.2. The fourth-order valence-corrected chi connectivity index (χ4v) is 3.78. The number of halogens is 3. The molecule has 5 nitrogen and oxygen atoms in total. The predicted molar refractivity (Wildman–Crippen MR) is 104 cm³/mol. The van der Waals surface area contributed by atoms with Gasteiger partial charge in [0.2, 0.25) is 11.8 Å². The van der Waals surface area contributed by atoms with Crippen LogP contribution in [0.4, 0.5) is 30.2 Å². The van der Waals surface area contributed by atoms with Crippen LogP contribution in [0.25, 0.3) is 0 Å². The van der Waals surface area contributed by atoms with Crippen LogP contribution < -0.4 is 15.5 Å². The Labute approximate surface area is 164 Å². The maximum Gasteiger partial charge on any atom is 0.416 e. The fraction of sp³-hybridized carbons (Fsp3) is 0.263. The van der Waals surface area contributed by atoms with Crippen LogP contribution in [-0.4, -0.2) is 31.2 Å². The van der Waals surface area contributed by atoms with E-state index in [1.54, 1.807) is 12.1 Å². The van der Waals surface area contributed by atoms with Crippen molar-refractivity contribution in [3.8, 4) is 0 Å². The Morgan fingerprint density at radius 2 is 1.86 bits per heavy atom. The molecule has 0 aromatic heterocycles. The number of hydrogen-bond donors (Lipinski definition) is 2. The van der Waals surface area contributed by atoms with E-state index < -0.39 is 22.9 Å². The molecule has 1 atom stereocenters.